The number of pyridine rings is 1. The van der Waals surface area contributed by atoms with Crippen LogP contribution in [0, 0.1) is 6.92 Å². The monoisotopic (exact) mass is 403 g/mol. The minimum Gasteiger partial charge on any atom is -0.473 e. The lowest BCUT2D eigenvalue weighted by Gasteiger charge is -2.07. The largest absolute Gasteiger partial charge is 0.473 e. The molecule has 0 saturated carbocycles. The van der Waals surface area contributed by atoms with Crippen molar-refractivity contribution in [3.63, 3.8) is 0 Å². The van der Waals surface area contributed by atoms with Gasteiger partial charge in [-0.3, -0.25) is 9.20 Å². The van der Waals surface area contributed by atoms with Crippen LogP contribution in [0.3, 0.4) is 0 Å². The van der Waals surface area contributed by atoms with Gasteiger partial charge in [0.1, 0.15) is 5.65 Å². The molecule has 0 unspecified atom stereocenters. The van der Waals surface area contributed by atoms with E-state index >= 15 is 0 Å². The van der Waals surface area contributed by atoms with Crippen LogP contribution in [0.1, 0.15) is 16.8 Å². The van der Waals surface area contributed by atoms with Crippen LogP contribution in [0.2, 0.25) is 5.02 Å². The quantitative estimate of drug-likeness (QED) is 0.570. The van der Waals surface area contributed by atoms with Crippen LogP contribution in [0.25, 0.3) is 5.65 Å². The number of nitrogens with zero attached hydrogens (tertiary/aromatic N) is 2. The topological polar surface area (TPSA) is 121 Å². The predicted molar refractivity (Wildman–Crippen MR) is 103 cm³/mol. The summed E-state index contributed by atoms with van der Waals surface area (Å²) in [6, 6.07) is 13.0. The van der Waals surface area contributed by atoms with E-state index in [1.54, 1.807) is 16.7 Å². The molecule has 3 rings (SSSR count). The standard InChI is InChI=1S/C17H16ClN3O.C2H2O4/c1-12-6-7-21-16(8-12)20-14(9-17(21)22)11-19-10-13-4-2-3-5-15(13)18;3-1(4)2(5)6/h2-9,19H,10-11H2,1H3;(H,3,4)(H,5,6). The summed E-state index contributed by atoms with van der Waals surface area (Å²) < 4.78 is 1.55. The highest BCUT2D eigenvalue weighted by Crippen LogP contribution is 2.14. The number of benzene rings is 1. The minimum absolute atomic E-state index is 0.0699. The van der Waals surface area contributed by atoms with E-state index in [-0.39, 0.29) is 5.56 Å². The smallest absolute Gasteiger partial charge is 0.414 e. The van der Waals surface area contributed by atoms with Gasteiger partial charge < -0.3 is 15.5 Å². The van der Waals surface area contributed by atoms with E-state index in [1.807, 2.05) is 43.3 Å². The molecule has 8 nitrogen and oxygen atoms in total. The molecule has 0 bridgehead atoms. The first-order chi connectivity index (χ1) is 13.3. The summed E-state index contributed by atoms with van der Waals surface area (Å²) in [5, 5.41) is 18.8. The summed E-state index contributed by atoms with van der Waals surface area (Å²) in [6.07, 6.45) is 1.75. The zero-order chi connectivity index (χ0) is 20.7. The molecule has 146 valence electrons. The maximum Gasteiger partial charge on any atom is 0.414 e. The maximum absolute atomic E-state index is 12.1. The Morgan fingerprint density at radius 2 is 1.79 bits per heavy atom. The summed E-state index contributed by atoms with van der Waals surface area (Å²) in [5.74, 6) is -3.65. The van der Waals surface area contributed by atoms with Crippen molar-refractivity contribution in [3.8, 4) is 0 Å². The van der Waals surface area contributed by atoms with Crippen LogP contribution in [0.5, 0.6) is 0 Å². The maximum atomic E-state index is 12.1. The molecule has 0 aliphatic rings. The van der Waals surface area contributed by atoms with Gasteiger partial charge in [0, 0.05) is 30.4 Å². The molecular weight excluding hydrogens is 386 g/mol. The number of nitrogens with one attached hydrogen (secondary N) is 1. The third-order valence-corrected chi connectivity index (χ3v) is 4.01. The number of aryl methyl sites for hydroxylation is 1. The normalized spacial score (nSPS) is 10.2. The van der Waals surface area contributed by atoms with E-state index in [0.29, 0.717) is 18.7 Å². The fourth-order valence-corrected chi connectivity index (χ4v) is 2.51. The molecule has 0 radical (unpaired) electrons. The van der Waals surface area contributed by atoms with Gasteiger partial charge in [0.2, 0.25) is 0 Å². The Kier molecular flexibility index (Phi) is 7.25. The molecule has 9 heteroatoms. The summed E-state index contributed by atoms with van der Waals surface area (Å²) in [4.78, 5) is 34.8. The molecule has 0 spiro atoms. The third-order valence-electron chi connectivity index (χ3n) is 3.64. The number of aromatic nitrogens is 2. The summed E-state index contributed by atoms with van der Waals surface area (Å²) in [5.41, 5.74) is 3.43. The van der Waals surface area contributed by atoms with Crippen LogP contribution in [-0.4, -0.2) is 31.5 Å². The van der Waals surface area contributed by atoms with Crippen LogP contribution in [0.15, 0.2) is 53.5 Å². The van der Waals surface area contributed by atoms with Crippen molar-refractivity contribution in [2.45, 2.75) is 20.0 Å². The molecule has 0 aliphatic heterocycles. The second-order valence-electron chi connectivity index (χ2n) is 5.82. The lowest BCUT2D eigenvalue weighted by atomic mass is 10.2. The van der Waals surface area contributed by atoms with Gasteiger partial charge >= 0.3 is 11.9 Å². The van der Waals surface area contributed by atoms with E-state index in [2.05, 4.69) is 10.3 Å². The number of rotatable bonds is 4. The Morgan fingerprint density at radius 3 is 2.43 bits per heavy atom. The van der Waals surface area contributed by atoms with Crippen LogP contribution in [-0.2, 0) is 22.7 Å². The van der Waals surface area contributed by atoms with Gasteiger partial charge in [0.25, 0.3) is 5.56 Å². The lowest BCUT2D eigenvalue weighted by Crippen LogP contribution is -2.20. The molecule has 0 amide bonds. The highest BCUT2D eigenvalue weighted by atomic mass is 35.5. The lowest BCUT2D eigenvalue weighted by molar-refractivity contribution is -0.159. The van der Waals surface area contributed by atoms with Crippen LogP contribution in [0.4, 0.5) is 0 Å². The van der Waals surface area contributed by atoms with E-state index in [0.717, 1.165) is 21.8 Å². The van der Waals surface area contributed by atoms with Gasteiger partial charge in [-0.2, -0.15) is 0 Å². The minimum atomic E-state index is -1.82. The molecule has 3 N–H and O–H groups in total. The Morgan fingerprint density at radius 1 is 1.11 bits per heavy atom. The third kappa shape index (κ3) is 5.90. The van der Waals surface area contributed by atoms with Gasteiger partial charge in [-0.1, -0.05) is 29.8 Å². The van der Waals surface area contributed by atoms with Crippen molar-refractivity contribution < 1.29 is 19.8 Å². The van der Waals surface area contributed by atoms with E-state index < -0.39 is 11.9 Å². The molecule has 28 heavy (non-hydrogen) atoms. The number of halogens is 1. The highest BCUT2D eigenvalue weighted by molar-refractivity contribution is 6.31. The van der Waals surface area contributed by atoms with Gasteiger partial charge in [-0.05, 0) is 36.2 Å². The number of hydrogen-bond donors (Lipinski definition) is 3. The average molecular weight is 404 g/mol. The molecule has 3 aromatic rings. The molecule has 1 aromatic carbocycles. The molecule has 2 aromatic heterocycles. The number of aliphatic carboxylic acids is 2. The van der Waals surface area contributed by atoms with E-state index in [4.69, 9.17) is 31.4 Å². The predicted octanol–water partition coefficient (Wildman–Crippen LogP) is 2.10. The average Bonchev–Trinajstić information content (AvgIpc) is 2.63. The van der Waals surface area contributed by atoms with Gasteiger partial charge in [-0.15, -0.1) is 0 Å². The van der Waals surface area contributed by atoms with Crippen molar-refractivity contribution in [2.24, 2.45) is 0 Å². The number of hydrogen-bond acceptors (Lipinski definition) is 5. The Labute approximate surface area is 165 Å². The molecule has 0 fully saturated rings. The van der Waals surface area contributed by atoms with Crippen molar-refractivity contribution in [3.05, 3.63) is 80.9 Å². The molecule has 2 heterocycles. The Bertz CT molecular complexity index is 1050. The van der Waals surface area contributed by atoms with Crippen molar-refractivity contribution in [1.82, 2.24) is 14.7 Å². The second-order valence-corrected chi connectivity index (χ2v) is 6.23. The van der Waals surface area contributed by atoms with E-state index in [9.17, 15) is 4.79 Å². The van der Waals surface area contributed by atoms with Crippen molar-refractivity contribution in [1.29, 1.82) is 0 Å². The Hall–Kier alpha value is -3.23. The van der Waals surface area contributed by atoms with Crippen LogP contribution >= 0.6 is 11.6 Å². The first kappa shape index (κ1) is 21.1. The van der Waals surface area contributed by atoms with Gasteiger partial charge in [-0.25, -0.2) is 14.6 Å². The summed E-state index contributed by atoms with van der Waals surface area (Å²) in [7, 11) is 0. The molecule has 0 aliphatic carbocycles. The van der Waals surface area contributed by atoms with E-state index in [1.165, 1.54) is 0 Å². The molecule has 0 saturated heterocycles. The number of carbonyl (C=O) groups is 2. The molecule has 0 atom stereocenters. The van der Waals surface area contributed by atoms with Gasteiger partial charge in [0.15, 0.2) is 0 Å². The number of fused-ring (bicyclic) bond motifs is 1. The first-order valence-electron chi connectivity index (χ1n) is 8.17. The van der Waals surface area contributed by atoms with Crippen LogP contribution < -0.4 is 10.9 Å². The summed E-state index contributed by atoms with van der Waals surface area (Å²) in [6.45, 7) is 3.13. The fraction of sp³-hybridized carbons (Fsp3) is 0.158. The number of carboxylic acids is 2. The van der Waals surface area contributed by atoms with Crippen molar-refractivity contribution >= 4 is 29.2 Å². The zero-order valence-electron chi connectivity index (χ0n) is 14.9. The van der Waals surface area contributed by atoms with Gasteiger partial charge in [0.05, 0.1) is 5.69 Å². The van der Waals surface area contributed by atoms with Crippen molar-refractivity contribution in [2.75, 3.05) is 0 Å². The Balaban J connectivity index is 0.000000409. The zero-order valence-corrected chi connectivity index (χ0v) is 15.7. The second kappa shape index (κ2) is 9.63. The number of carboxylic acid groups (broad SMARTS) is 2. The molecular formula is C19H18ClN3O5. The highest BCUT2D eigenvalue weighted by Gasteiger charge is 2.04. The first-order valence-corrected chi connectivity index (χ1v) is 8.55. The summed E-state index contributed by atoms with van der Waals surface area (Å²) >= 11 is 6.12. The SMILES string of the molecule is Cc1ccn2c(=O)cc(CNCc3ccccc3Cl)nc2c1.O=C(O)C(=O)O. The fourth-order valence-electron chi connectivity index (χ4n) is 2.31.